The van der Waals surface area contributed by atoms with Crippen LogP contribution >= 0.6 is 0 Å². The van der Waals surface area contributed by atoms with Gasteiger partial charge >= 0.3 is 0 Å². The van der Waals surface area contributed by atoms with Crippen molar-refractivity contribution in [2.45, 2.75) is 6.54 Å². The van der Waals surface area contributed by atoms with Gasteiger partial charge < -0.3 is 10.1 Å². The summed E-state index contributed by atoms with van der Waals surface area (Å²) >= 11 is 0. The summed E-state index contributed by atoms with van der Waals surface area (Å²) in [7, 11) is 1.61. The van der Waals surface area contributed by atoms with Gasteiger partial charge in [-0.15, -0.1) is 0 Å². The highest BCUT2D eigenvalue weighted by Gasteiger charge is 2.13. The molecule has 29 heavy (non-hydrogen) atoms. The lowest BCUT2D eigenvalue weighted by atomic mass is 10.1. The highest BCUT2D eigenvalue weighted by Crippen LogP contribution is 2.28. The van der Waals surface area contributed by atoms with E-state index < -0.39 is 0 Å². The van der Waals surface area contributed by atoms with E-state index >= 15 is 0 Å². The molecule has 1 amide bonds. The minimum atomic E-state index is -0.235. The van der Waals surface area contributed by atoms with Gasteiger partial charge in [0.05, 0.1) is 18.5 Å². The SMILES string of the molecule is COc1ccccc1-c1cc(C(=O)NCc2ccnc(-c3ccncc3)c2)[nH]n1. The van der Waals surface area contributed by atoms with E-state index in [1.54, 1.807) is 31.8 Å². The van der Waals surface area contributed by atoms with Crippen LogP contribution in [0.25, 0.3) is 22.5 Å². The number of nitrogens with zero attached hydrogens (tertiary/aromatic N) is 3. The fraction of sp³-hybridized carbons (Fsp3) is 0.0909. The lowest BCUT2D eigenvalue weighted by molar-refractivity contribution is 0.0946. The number of benzene rings is 1. The second-order valence-corrected chi connectivity index (χ2v) is 6.34. The molecule has 0 fully saturated rings. The molecule has 4 aromatic rings. The number of H-pyrrole nitrogens is 1. The Kier molecular flexibility index (Phi) is 5.29. The maximum Gasteiger partial charge on any atom is 0.269 e. The van der Waals surface area contributed by atoms with Crippen molar-refractivity contribution in [3.63, 3.8) is 0 Å². The number of methoxy groups -OCH3 is 1. The van der Waals surface area contributed by atoms with Crippen molar-refractivity contribution >= 4 is 5.91 Å². The molecule has 0 bridgehead atoms. The molecular weight excluding hydrogens is 366 g/mol. The molecular formula is C22H19N5O2. The number of aromatic nitrogens is 4. The molecule has 3 heterocycles. The monoisotopic (exact) mass is 385 g/mol. The Hall–Kier alpha value is -4.00. The Morgan fingerprint density at radius 2 is 1.86 bits per heavy atom. The number of amides is 1. The van der Waals surface area contributed by atoms with Crippen LogP contribution < -0.4 is 10.1 Å². The average molecular weight is 385 g/mol. The smallest absolute Gasteiger partial charge is 0.269 e. The third-order valence-electron chi connectivity index (χ3n) is 4.46. The topological polar surface area (TPSA) is 92.8 Å². The molecule has 0 atom stereocenters. The molecule has 2 N–H and O–H groups in total. The minimum Gasteiger partial charge on any atom is -0.496 e. The van der Waals surface area contributed by atoms with Crippen LogP contribution in [0, 0.1) is 0 Å². The second kappa shape index (κ2) is 8.35. The molecule has 0 radical (unpaired) electrons. The Morgan fingerprint density at radius 1 is 1.03 bits per heavy atom. The fourth-order valence-electron chi connectivity index (χ4n) is 2.97. The van der Waals surface area contributed by atoms with Crippen LogP contribution in [-0.2, 0) is 6.54 Å². The molecule has 4 rings (SSSR count). The van der Waals surface area contributed by atoms with Gasteiger partial charge in [-0.3, -0.25) is 19.9 Å². The second-order valence-electron chi connectivity index (χ2n) is 6.34. The maximum absolute atomic E-state index is 12.5. The third-order valence-corrected chi connectivity index (χ3v) is 4.46. The molecule has 0 aliphatic carbocycles. The van der Waals surface area contributed by atoms with Gasteiger partial charge in [0.25, 0.3) is 5.91 Å². The fourth-order valence-corrected chi connectivity index (χ4v) is 2.97. The van der Waals surface area contributed by atoms with Crippen LogP contribution in [0.4, 0.5) is 0 Å². The molecule has 1 aromatic carbocycles. The Labute approximate surface area is 167 Å². The maximum atomic E-state index is 12.5. The van der Waals surface area contributed by atoms with E-state index in [4.69, 9.17) is 4.74 Å². The van der Waals surface area contributed by atoms with Crippen LogP contribution in [0.15, 0.2) is 73.2 Å². The summed E-state index contributed by atoms with van der Waals surface area (Å²) in [5, 5.41) is 9.94. The first-order valence-electron chi connectivity index (χ1n) is 9.07. The van der Waals surface area contributed by atoms with Gasteiger partial charge in [0.15, 0.2) is 0 Å². The first-order chi connectivity index (χ1) is 14.2. The number of carbonyl (C=O) groups excluding carboxylic acids is 1. The number of hydrogen-bond donors (Lipinski definition) is 2. The summed E-state index contributed by atoms with van der Waals surface area (Å²) < 4.78 is 5.36. The molecule has 0 aliphatic rings. The van der Waals surface area contributed by atoms with Gasteiger partial charge in [-0.2, -0.15) is 5.10 Å². The van der Waals surface area contributed by atoms with Gasteiger partial charge in [-0.25, -0.2) is 0 Å². The van der Waals surface area contributed by atoms with Crippen molar-refractivity contribution in [3.05, 3.63) is 84.4 Å². The number of pyridine rings is 2. The zero-order valence-electron chi connectivity index (χ0n) is 15.8. The van der Waals surface area contributed by atoms with Crippen molar-refractivity contribution in [1.82, 2.24) is 25.5 Å². The van der Waals surface area contributed by atoms with Crippen LogP contribution in [-0.4, -0.2) is 33.2 Å². The molecule has 7 heteroatoms. The van der Waals surface area contributed by atoms with Gasteiger partial charge in [-0.1, -0.05) is 12.1 Å². The standard InChI is InChI=1S/C22H19N5O2/c1-29-21-5-3-2-4-17(21)19-13-20(27-26-19)22(28)25-14-15-6-11-24-18(12-15)16-7-9-23-10-8-16/h2-13H,14H2,1H3,(H,25,28)(H,26,27). The van der Waals surface area contributed by atoms with E-state index in [0.29, 0.717) is 23.7 Å². The van der Waals surface area contributed by atoms with Crippen molar-refractivity contribution in [3.8, 4) is 28.3 Å². The van der Waals surface area contributed by atoms with Crippen LogP contribution in [0.1, 0.15) is 16.1 Å². The minimum absolute atomic E-state index is 0.235. The number of hydrogen-bond acceptors (Lipinski definition) is 5. The van der Waals surface area contributed by atoms with E-state index in [2.05, 4.69) is 25.5 Å². The van der Waals surface area contributed by atoms with Crippen molar-refractivity contribution in [2.24, 2.45) is 0 Å². The number of para-hydroxylation sites is 1. The molecule has 3 aromatic heterocycles. The molecule has 0 unspecified atom stereocenters. The molecule has 144 valence electrons. The van der Waals surface area contributed by atoms with Crippen LogP contribution in [0.2, 0.25) is 0 Å². The first kappa shape index (κ1) is 18.4. The zero-order valence-corrected chi connectivity index (χ0v) is 15.8. The number of carbonyl (C=O) groups is 1. The number of rotatable bonds is 6. The summed E-state index contributed by atoms with van der Waals surface area (Å²) in [6.07, 6.45) is 5.18. The molecule has 0 saturated heterocycles. The Morgan fingerprint density at radius 3 is 2.69 bits per heavy atom. The van der Waals surface area contributed by atoms with E-state index in [0.717, 1.165) is 22.4 Å². The van der Waals surface area contributed by atoms with E-state index in [1.165, 1.54) is 0 Å². The van der Waals surface area contributed by atoms with Gasteiger partial charge in [-0.05, 0) is 48.0 Å². The molecule has 0 aliphatic heterocycles. The third kappa shape index (κ3) is 4.14. The highest BCUT2D eigenvalue weighted by molar-refractivity contribution is 5.93. The Balaban J connectivity index is 1.45. The van der Waals surface area contributed by atoms with Crippen molar-refractivity contribution in [2.75, 3.05) is 7.11 Å². The molecule has 7 nitrogen and oxygen atoms in total. The van der Waals surface area contributed by atoms with E-state index in [-0.39, 0.29) is 5.91 Å². The van der Waals surface area contributed by atoms with Gasteiger partial charge in [0.1, 0.15) is 11.4 Å². The van der Waals surface area contributed by atoms with Gasteiger partial charge in [0, 0.05) is 36.3 Å². The zero-order chi connectivity index (χ0) is 20.1. The van der Waals surface area contributed by atoms with Crippen molar-refractivity contribution < 1.29 is 9.53 Å². The lowest BCUT2D eigenvalue weighted by Gasteiger charge is -2.06. The van der Waals surface area contributed by atoms with Gasteiger partial charge in [0.2, 0.25) is 0 Å². The predicted octanol–water partition coefficient (Wildman–Crippen LogP) is 3.47. The number of nitrogens with one attached hydrogen (secondary N) is 2. The summed E-state index contributed by atoms with van der Waals surface area (Å²) in [6, 6.07) is 16.9. The van der Waals surface area contributed by atoms with Crippen molar-refractivity contribution in [1.29, 1.82) is 0 Å². The van der Waals surface area contributed by atoms with E-state index in [9.17, 15) is 4.79 Å². The normalized spacial score (nSPS) is 10.5. The van der Waals surface area contributed by atoms with Crippen LogP contribution in [0.3, 0.4) is 0 Å². The van der Waals surface area contributed by atoms with E-state index in [1.807, 2.05) is 48.5 Å². The first-order valence-corrected chi connectivity index (χ1v) is 9.07. The summed E-state index contributed by atoms with van der Waals surface area (Å²) in [6.45, 7) is 0.377. The summed E-state index contributed by atoms with van der Waals surface area (Å²) in [5.74, 6) is 0.465. The average Bonchev–Trinajstić information content (AvgIpc) is 3.28. The lowest BCUT2D eigenvalue weighted by Crippen LogP contribution is -2.23. The summed E-state index contributed by atoms with van der Waals surface area (Å²) in [4.78, 5) is 20.9. The molecule has 0 saturated carbocycles. The highest BCUT2D eigenvalue weighted by atomic mass is 16.5. The molecule has 0 spiro atoms. The largest absolute Gasteiger partial charge is 0.496 e. The predicted molar refractivity (Wildman–Crippen MR) is 109 cm³/mol. The number of aromatic amines is 1. The number of ether oxygens (including phenoxy) is 1. The van der Waals surface area contributed by atoms with Crippen LogP contribution in [0.5, 0.6) is 5.75 Å². The quantitative estimate of drug-likeness (QED) is 0.530. The summed E-state index contributed by atoms with van der Waals surface area (Å²) in [5.41, 5.74) is 4.61. The Bertz CT molecular complexity index is 1120.